The fourth-order valence-corrected chi connectivity index (χ4v) is 2.30. The van der Waals surface area contributed by atoms with Crippen molar-refractivity contribution >= 4 is 11.8 Å². The van der Waals surface area contributed by atoms with E-state index in [0.717, 1.165) is 18.9 Å². The molecule has 0 aliphatic heterocycles. The summed E-state index contributed by atoms with van der Waals surface area (Å²) in [5.41, 5.74) is 0.635. The van der Waals surface area contributed by atoms with Crippen LogP contribution in [0.4, 0.5) is 0 Å². The maximum atomic E-state index is 12.4. The van der Waals surface area contributed by atoms with E-state index in [0.29, 0.717) is 17.0 Å². The summed E-state index contributed by atoms with van der Waals surface area (Å²) in [7, 11) is 0. The maximum absolute atomic E-state index is 12.4. The number of carbonyl (C=O) groups excluding carboxylic acids is 2. The first-order chi connectivity index (χ1) is 12.3. The summed E-state index contributed by atoms with van der Waals surface area (Å²) in [5, 5.41) is 19.9. The number of esters is 1. The Hall–Kier alpha value is -2.30. The van der Waals surface area contributed by atoms with Gasteiger partial charge in [-0.2, -0.15) is 0 Å². The van der Waals surface area contributed by atoms with E-state index in [9.17, 15) is 19.8 Å². The summed E-state index contributed by atoms with van der Waals surface area (Å²) in [6, 6.07) is 1.10. The summed E-state index contributed by atoms with van der Waals surface area (Å²) in [5.74, 6) is -1.01. The Kier molecular flexibility index (Phi) is 11.0. The minimum absolute atomic E-state index is 0.0488. The van der Waals surface area contributed by atoms with Crippen LogP contribution in [0.5, 0.6) is 11.5 Å². The minimum atomic E-state index is -0.679. The van der Waals surface area contributed by atoms with Gasteiger partial charge in [0.15, 0.2) is 5.78 Å². The van der Waals surface area contributed by atoms with Crippen LogP contribution in [0.3, 0.4) is 0 Å². The van der Waals surface area contributed by atoms with Gasteiger partial charge in [-0.1, -0.05) is 40.2 Å². The summed E-state index contributed by atoms with van der Waals surface area (Å²) in [4.78, 5) is 24.3. The molecule has 0 saturated heterocycles. The molecule has 1 unspecified atom stereocenters. The minimum Gasteiger partial charge on any atom is -0.508 e. The van der Waals surface area contributed by atoms with Gasteiger partial charge in [-0.05, 0) is 43.4 Å². The van der Waals surface area contributed by atoms with Crippen molar-refractivity contribution in [1.29, 1.82) is 0 Å². The van der Waals surface area contributed by atoms with E-state index in [2.05, 4.69) is 13.8 Å². The van der Waals surface area contributed by atoms with Crippen molar-refractivity contribution in [3.05, 3.63) is 34.9 Å². The highest BCUT2D eigenvalue weighted by Gasteiger charge is 2.23. The zero-order valence-electron chi connectivity index (χ0n) is 16.8. The molecule has 0 aromatic heterocycles. The smallest absolute Gasteiger partial charge is 0.342 e. The van der Waals surface area contributed by atoms with E-state index in [4.69, 9.17) is 4.74 Å². The quantitative estimate of drug-likeness (QED) is 0.515. The lowest BCUT2D eigenvalue weighted by Gasteiger charge is -2.15. The first-order valence-corrected chi connectivity index (χ1v) is 9.18. The van der Waals surface area contributed by atoms with Crippen LogP contribution in [0.2, 0.25) is 0 Å². The van der Waals surface area contributed by atoms with Crippen LogP contribution in [0, 0.1) is 12.8 Å². The zero-order valence-corrected chi connectivity index (χ0v) is 16.8. The Bertz CT molecular complexity index is 632. The third-order valence-electron chi connectivity index (χ3n) is 4.12. The van der Waals surface area contributed by atoms with Crippen molar-refractivity contribution in [2.45, 2.75) is 60.8 Å². The topological polar surface area (TPSA) is 83.8 Å². The summed E-state index contributed by atoms with van der Waals surface area (Å²) in [6.45, 7) is 11.7. The molecule has 0 bridgehead atoms. The summed E-state index contributed by atoms with van der Waals surface area (Å²) < 4.78 is 5.25. The van der Waals surface area contributed by atoms with Crippen LogP contribution in [0.15, 0.2) is 18.2 Å². The van der Waals surface area contributed by atoms with Gasteiger partial charge in [0.2, 0.25) is 0 Å². The molecule has 5 nitrogen and oxygen atoms in total. The molecule has 0 fully saturated rings. The second-order valence-corrected chi connectivity index (χ2v) is 5.97. The molecule has 0 radical (unpaired) electrons. The largest absolute Gasteiger partial charge is 0.508 e. The average Bonchev–Trinajstić information content (AvgIpc) is 2.61. The van der Waals surface area contributed by atoms with E-state index >= 15 is 0 Å². The highest BCUT2D eigenvalue weighted by atomic mass is 16.5. The molecule has 0 aliphatic carbocycles. The van der Waals surface area contributed by atoms with Crippen LogP contribution in [-0.2, 0) is 16.0 Å². The fourth-order valence-electron chi connectivity index (χ4n) is 2.30. The van der Waals surface area contributed by atoms with Crippen molar-refractivity contribution in [1.82, 2.24) is 0 Å². The summed E-state index contributed by atoms with van der Waals surface area (Å²) >= 11 is 0. The van der Waals surface area contributed by atoms with E-state index in [1.54, 1.807) is 19.9 Å². The number of ether oxygens (including phenoxy) is 1. The number of rotatable bonds is 8. The standard InChI is InChI=1S/C19H26O5.C2H6/c1-5-7-14(20)10-15-13(4)16(21)11-17(22)18(15)19(23)24-9-8-12(3)6-2;1-2/h5,7,11-12,21-22H,6,8-10H2,1-4H3;1-2H3/b7-5+;. The van der Waals surface area contributed by atoms with Crippen molar-refractivity contribution in [3.8, 4) is 11.5 Å². The number of phenols is 2. The maximum Gasteiger partial charge on any atom is 0.342 e. The van der Waals surface area contributed by atoms with Crippen LogP contribution in [0.1, 0.15) is 68.9 Å². The zero-order chi connectivity index (χ0) is 20.3. The Balaban J connectivity index is 0.00000301. The molecule has 1 aromatic rings. The second-order valence-electron chi connectivity index (χ2n) is 5.97. The van der Waals surface area contributed by atoms with Gasteiger partial charge in [-0.3, -0.25) is 4.79 Å². The first kappa shape index (κ1) is 23.7. The summed E-state index contributed by atoms with van der Waals surface area (Å²) in [6.07, 6.45) is 4.62. The molecule has 0 spiro atoms. The number of carbonyl (C=O) groups is 2. The lowest BCUT2D eigenvalue weighted by atomic mass is 9.95. The number of ketones is 1. The monoisotopic (exact) mass is 364 g/mol. The molecule has 5 heteroatoms. The molecule has 1 rings (SSSR count). The van der Waals surface area contributed by atoms with E-state index in [1.165, 1.54) is 6.08 Å². The Morgan fingerprint density at radius 1 is 1.23 bits per heavy atom. The number of hydrogen-bond donors (Lipinski definition) is 2. The Morgan fingerprint density at radius 3 is 2.38 bits per heavy atom. The van der Waals surface area contributed by atoms with Gasteiger partial charge in [0.05, 0.1) is 6.61 Å². The predicted molar refractivity (Wildman–Crippen MR) is 104 cm³/mol. The number of benzene rings is 1. The van der Waals surface area contributed by atoms with Crippen molar-refractivity contribution < 1.29 is 24.5 Å². The van der Waals surface area contributed by atoms with Gasteiger partial charge in [0, 0.05) is 12.5 Å². The van der Waals surface area contributed by atoms with E-state index in [1.807, 2.05) is 13.8 Å². The first-order valence-electron chi connectivity index (χ1n) is 9.18. The van der Waals surface area contributed by atoms with Gasteiger partial charge >= 0.3 is 5.97 Å². The van der Waals surface area contributed by atoms with Crippen LogP contribution < -0.4 is 0 Å². The molecule has 1 atom stereocenters. The highest BCUT2D eigenvalue weighted by molar-refractivity contribution is 5.99. The van der Waals surface area contributed by atoms with Crippen molar-refractivity contribution in [2.75, 3.05) is 6.61 Å². The lowest BCUT2D eigenvalue weighted by Crippen LogP contribution is -2.14. The molecular weight excluding hydrogens is 332 g/mol. The molecule has 26 heavy (non-hydrogen) atoms. The second kappa shape index (κ2) is 12.1. The van der Waals surface area contributed by atoms with Crippen molar-refractivity contribution in [2.24, 2.45) is 5.92 Å². The van der Waals surface area contributed by atoms with Gasteiger partial charge in [0.25, 0.3) is 0 Å². The van der Waals surface area contributed by atoms with E-state index in [-0.39, 0.29) is 35.9 Å². The number of aromatic hydroxyl groups is 2. The van der Waals surface area contributed by atoms with Gasteiger partial charge in [-0.25, -0.2) is 4.79 Å². The molecule has 0 saturated carbocycles. The highest BCUT2D eigenvalue weighted by Crippen LogP contribution is 2.33. The molecule has 2 N–H and O–H groups in total. The fraction of sp³-hybridized carbons (Fsp3) is 0.524. The molecule has 0 heterocycles. The van der Waals surface area contributed by atoms with Crippen LogP contribution in [0.25, 0.3) is 0 Å². The Labute approximate surface area is 156 Å². The van der Waals surface area contributed by atoms with Gasteiger partial charge in [-0.15, -0.1) is 0 Å². The Morgan fingerprint density at radius 2 is 1.85 bits per heavy atom. The molecule has 146 valence electrons. The number of phenolic OH excluding ortho intramolecular Hbond substituents is 2. The molecular formula is C21H32O5. The van der Waals surface area contributed by atoms with E-state index < -0.39 is 5.97 Å². The van der Waals surface area contributed by atoms with Crippen molar-refractivity contribution in [3.63, 3.8) is 0 Å². The number of hydrogen-bond acceptors (Lipinski definition) is 5. The van der Waals surface area contributed by atoms with Crippen LogP contribution in [-0.4, -0.2) is 28.6 Å². The molecule has 0 aliphatic rings. The van der Waals surface area contributed by atoms with Gasteiger partial charge < -0.3 is 14.9 Å². The van der Waals surface area contributed by atoms with Gasteiger partial charge in [0.1, 0.15) is 17.1 Å². The number of allylic oxidation sites excluding steroid dienone is 2. The molecule has 0 amide bonds. The third kappa shape index (κ3) is 6.90. The lowest BCUT2D eigenvalue weighted by molar-refractivity contribution is -0.114. The average molecular weight is 364 g/mol. The third-order valence-corrected chi connectivity index (χ3v) is 4.12. The predicted octanol–water partition coefficient (Wildman–Crippen LogP) is 4.71. The molecule has 1 aromatic carbocycles. The SMILES string of the molecule is C/C=C/C(=O)Cc1c(C)c(O)cc(O)c1C(=O)OCCC(C)CC.CC. The van der Waals surface area contributed by atoms with Crippen LogP contribution >= 0.6 is 0 Å². The normalized spacial score (nSPS) is 11.6.